The van der Waals surface area contributed by atoms with E-state index in [4.69, 9.17) is 10.5 Å². The van der Waals surface area contributed by atoms with E-state index in [9.17, 15) is 0 Å². The minimum Gasteiger partial charge on any atom is -0.478 e. The molecule has 0 bridgehead atoms. The molecule has 0 saturated carbocycles. The van der Waals surface area contributed by atoms with E-state index < -0.39 is 0 Å². The van der Waals surface area contributed by atoms with Crippen LogP contribution in [0.1, 0.15) is 12.6 Å². The molecule has 5 heteroatoms. The van der Waals surface area contributed by atoms with Crippen molar-refractivity contribution < 1.29 is 4.74 Å². The monoisotopic (exact) mass is 218 g/mol. The van der Waals surface area contributed by atoms with Gasteiger partial charge in [-0.25, -0.2) is 4.98 Å². The summed E-state index contributed by atoms with van der Waals surface area (Å²) in [5.74, 6) is 1.15. The lowest BCUT2D eigenvalue weighted by atomic mass is 10.3. The number of rotatable bonds is 4. The van der Waals surface area contributed by atoms with Crippen molar-refractivity contribution >= 4 is 5.82 Å². The lowest BCUT2D eigenvalue weighted by molar-refractivity contribution is 0.325. The number of nitrogens with two attached hydrogens (primary N) is 1. The van der Waals surface area contributed by atoms with Crippen molar-refractivity contribution in [2.75, 3.05) is 12.3 Å². The lowest BCUT2D eigenvalue weighted by Crippen LogP contribution is -2.04. The third kappa shape index (κ3) is 2.50. The Hall–Kier alpha value is -2.04. The number of nitrogen functional groups attached to an aromatic ring is 1. The number of hydrogen-bond donors (Lipinski definition) is 1. The van der Waals surface area contributed by atoms with Crippen molar-refractivity contribution in [1.29, 1.82) is 0 Å². The Kier molecular flexibility index (Phi) is 3.05. The zero-order chi connectivity index (χ0) is 11.4. The molecule has 0 atom stereocenters. The van der Waals surface area contributed by atoms with Crippen LogP contribution in [0.5, 0.6) is 5.88 Å². The van der Waals surface area contributed by atoms with Crippen LogP contribution in [0, 0.1) is 0 Å². The molecule has 0 saturated heterocycles. The van der Waals surface area contributed by atoms with Crippen LogP contribution in [0.3, 0.4) is 0 Å². The van der Waals surface area contributed by atoms with Gasteiger partial charge in [0.25, 0.3) is 0 Å². The SMILES string of the molecule is CCOc1cccc(Cn2ccc(N)n2)n1. The molecular formula is C11H14N4O. The van der Waals surface area contributed by atoms with Gasteiger partial charge in [0.05, 0.1) is 18.8 Å². The predicted octanol–water partition coefficient (Wildman–Crippen LogP) is 1.31. The number of nitrogens with zero attached hydrogens (tertiary/aromatic N) is 3. The Balaban J connectivity index is 2.12. The summed E-state index contributed by atoms with van der Waals surface area (Å²) in [6.07, 6.45) is 1.82. The van der Waals surface area contributed by atoms with Crippen molar-refractivity contribution in [3.63, 3.8) is 0 Å². The number of pyridine rings is 1. The van der Waals surface area contributed by atoms with E-state index in [0.29, 0.717) is 24.8 Å². The summed E-state index contributed by atoms with van der Waals surface area (Å²) in [7, 11) is 0. The quantitative estimate of drug-likeness (QED) is 0.840. The third-order valence-electron chi connectivity index (χ3n) is 2.06. The zero-order valence-corrected chi connectivity index (χ0v) is 9.13. The Labute approximate surface area is 93.9 Å². The van der Waals surface area contributed by atoms with Crippen LogP contribution < -0.4 is 10.5 Å². The molecule has 2 N–H and O–H groups in total. The first-order chi connectivity index (χ1) is 7.78. The highest BCUT2D eigenvalue weighted by molar-refractivity contribution is 5.24. The first-order valence-electron chi connectivity index (χ1n) is 5.15. The second-order valence-electron chi connectivity index (χ2n) is 3.34. The number of hydrogen-bond acceptors (Lipinski definition) is 4. The molecule has 2 heterocycles. The van der Waals surface area contributed by atoms with E-state index in [-0.39, 0.29) is 0 Å². The Bertz CT molecular complexity index is 467. The number of anilines is 1. The molecule has 16 heavy (non-hydrogen) atoms. The van der Waals surface area contributed by atoms with E-state index in [1.807, 2.05) is 31.3 Å². The lowest BCUT2D eigenvalue weighted by Gasteiger charge is -2.04. The second kappa shape index (κ2) is 4.65. The van der Waals surface area contributed by atoms with Crippen LogP contribution in [0.25, 0.3) is 0 Å². The molecule has 2 rings (SSSR count). The highest BCUT2D eigenvalue weighted by Crippen LogP contribution is 2.09. The average Bonchev–Trinajstić information content (AvgIpc) is 2.65. The summed E-state index contributed by atoms with van der Waals surface area (Å²) < 4.78 is 7.07. The molecule has 0 radical (unpaired) electrons. The molecule has 0 aromatic carbocycles. The smallest absolute Gasteiger partial charge is 0.213 e. The van der Waals surface area contributed by atoms with Gasteiger partial charge in [-0.2, -0.15) is 5.10 Å². The van der Waals surface area contributed by atoms with Gasteiger partial charge in [0, 0.05) is 12.3 Å². The van der Waals surface area contributed by atoms with E-state index in [1.54, 1.807) is 10.7 Å². The maximum Gasteiger partial charge on any atom is 0.213 e. The fraction of sp³-hybridized carbons (Fsp3) is 0.273. The van der Waals surface area contributed by atoms with Crippen molar-refractivity contribution in [1.82, 2.24) is 14.8 Å². The van der Waals surface area contributed by atoms with Crippen molar-refractivity contribution in [3.05, 3.63) is 36.2 Å². The maximum absolute atomic E-state index is 5.53. The van der Waals surface area contributed by atoms with Gasteiger partial charge in [-0.15, -0.1) is 0 Å². The summed E-state index contributed by atoms with van der Waals surface area (Å²) in [6, 6.07) is 7.44. The summed E-state index contributed by atoms with van der Waals surface area (Å²) in [5, 5.41) is 4.10. The molecule has 2 aromatic heterocycles. The summed E-state index contributed by atoms with van der Waals surface area (Å²) >= 11 is 0. The Morgan fingerprint density at radius 3 is 2.94 bits per heavy atom. The topological polar surface area (TPSA) is 66.0 Å². The van der Waals surface area contributed by atoms with Crippen LogP contribution in [0.2, 0.25) is 0 Å². The highest BCUT2D eigenvalue weighted by atomic mass is 16.5. The fourth-order valence-electron chi connectivity index (χ4n) is 1.41. The zero-order valence-electron chi connectivity index (χ0n) is 9.13. The normalized spacial score (nSPS) is 10.3. The van der Waals surface area contributed by atoms with Crippen LogP contribution in [0.4, 0.5) is 5.82 Å². The minimum atomic E-state index is 0.515. The largest absolute Gasteiger partial charge is 0.478 e. The number of aromatic nitrogens is 3. The second-order valence-corrected chi connectivity index (χ2v) is 3.34. The Morgan fingerprint density at radius 2 is 2.25 bits per heavy atom. The molecule has 5 nitrogen and oxygen atoms in total. The van der Waals surface area contributed by atoms with E-state index >= 15 is 0 Å². The van der Waals surface area contributed by atoms with E-state index in [0.717, 1.165) is 5.69 Å². The van der Waals surface area contributed by atoms with Gasteiger partial charge in [0.2, 0.25) is 5.88 Å². The van der Waals surface area contributed by atoms with E-state index in [2.05, 4.69) is 10.1 Å². The molecule has 84 valence electrons. The van der Waals surface area contributed by atoms with Crippen LogP contribution in [0.15, 0.2) is 30.5 Å². The van der Waals surface area contributed by atoms with Gasteiger partial charge in [-0.3, -0.25) is 4.68 Å². The van der Waals surface area contributed by atoms with Crippen LogP contribution >= 0.6 is 0 Å². The standard InChI is InChI=1S/C11H14N4O/c1-2-16-11-5-3-4-9(13-11)8-15-7-6-10(12)14-15/h3-7H,2,8H2,1H3,(H2,12,14). The van der Waals surface area contributed by atoms with E-state index in [1.165, 1.54) is 0 Å². The molecule has 0 aliphatic carbocycles. The number of ether oxygens (including phenoxy) is 1. The molecule has 0 aliphatic heterocycles. The first-order valence-corrected chi connectivity index (χ1v) is 5.15. The average molecular weight is 218 g/mol. The molecular weight excluding hydrogens is 204 g/mol. The predicted molar refractivity (Wildman–Crippen MR) is 61.1 cm³/mol. The molecule has 0 unspecified atom stereocenters. The van der Waals surface area contributed by atoms with Crippen molar-refractivity contribution in [2.45, 2.75) is 13.5 Å². The highest BCUT2D eigenvalue weighted by Gasteiger charge is 2.00. The first kappa shape index (κ1) is 10.5. The molecule has 0 spiro atoms. The van der Waals surface area contributed by atoms with Crippen LogP contribution in [-0.4, -0.2) is 21.4 Å². The van der Waals surface area contributed by atoms with Crippen molar-refractivity contribution in [2.24, 2.45) is 0 Å². The maximum atomic E-state index is 5.53. The third-order valence-corrected chi connectivity index (χ3v) is 2.06. The summed E-state index contributed by atoms with van der Waals surface area (Å²) in [5.41, 5.74) is 6.43. The van der Waals surface area contributed by atoms with Crippen LogP contribution in [-0.2, 0) is 6.54 Å². The van der Waals surface area contributed by atoms with Gasteiger partial charge >= 0.3 is 0 Å². The van der Waals surface area contributed by atoms with Gasteiger partial charge in [0.15, 0.2) is 0 Å². The molecule has 0 fully saturated rings. The van der Waals surface area contributed by atoms with Gasteiger partial charge < -0.3 is 10.5 Å². The molecule has 0 aliphatic rings. The minimum absolute atomic E-state index is 0.515. The fourth-order valence-corrected chi connectivity index (χ4v) is 1.41. The van der Waals surface area contributed by atoms with Gasteiger partial charge in [-0.1, -0.05) is 6.07 Å². The summed E-state index contributed by atoms with van der Waals surface area (Å²) in [6.45, 7) is 3.14. The molecule has 0 amide bonds. The van der Waals surface area contributed by atoms with Gasteiger partial charge in [-0.05, 0) is 19.1 Å². The summed E-state index contributed by atoms with van der Waals surface area (Å²) in [4.78, 5) is 4.34. The molecule has 2 aromatic rings. The van der Waals surface area contributed by atoms with Gasteiger partial charge in [0.1, 0.15) is 5.82 Å². The Morgan fingerprint density at radius 1 is 1.38 bits per heavy atom. The van der Waals surface area contributed by atoms with Crippen molar-refractivity contribution in [3.8, 4) is 5.88 Å².